The van der Waals surface area contributed by atoms with Crippen LogP contribution in [0.15, 0.2) is 0 Å². The molecule has 0 bridgehead atoms. The fraction of sp³-hybridized carbons (Fsp3) is 0.800. The van der Waals surface area contributed by atoms with Crippen LogP contribution in [-0.2, 0) is 4.79 Å². The number of carbonyl (C=O) groups excluding carboxylic acids is 1. The van der Waals surface area contributed by atoms with Crippen LogP contribution >= 0.6 is 0 Å². The van der Waals surface area contributed by atoms with Crippen molar-refractivity contribution in [3.05, 3.63) is 0 Å². The summed E-state index contributed by atoms with van der Waals surface area (Å²) in [4.78, 5) is 12.8. The molecule has 1 aliphatic rings. The molecule has 0 unspecified atom stereocenters. The van der Waals surface area contributed by atoms with Gasteiger partial charge in [-0.25, -0.2) is 8.78 Å². The third-order valence-corrected chi connectivity index (χ3v) is 2.79. The van der Waals surface area contributed by atoms with Gasteiger partial charge in [0.25, 0.3) is 0 Å². The minimum Gasteiger partial charge on any atom is -0.342 e. The monoisotopic (exact) mass is 216 g/mol. The van der Waals surface area contributed by atoms with Gasteiger partial charge in [0.05, 0.1) is 6.07 Å². The van der Waals surface area contributed by atoms with Crippen LogP contribution in [-0.4, -0.2) is 29.8 Å². The molecule has 0 aromatic rings. The number of likely N-dealkylation sites (tertiary alicyclic amines) is 1. The van der Waals surface area contributed by atoms with Gasteiger partial charge in [0.1, 0.15) is 6.42 Å². The zero-order valence-corrected chi connectivity index (χ0v) is 8.67. The van der Waals surface area contributed by atoms with E-state index in [1.165, 1.54) is 4.90 Å². The van der Waals surface area contributed by atoms with E-state index in [2.05, 4.69) is 0 Å². The van der Waals surface area contributed by atoms with Crippen LogP contribution in [0.4, 0.5) is 8.78 Å². The number of carbonyl (C=O) groups is 1. The molecule has 0 atom stereocenters. The molecule has 1 aliphatic heterocycles. The summed E-state index contributed by atoms with van der Waals surface area (Å²) in [6, 6.07) is 1.77. The van der Waals surface area contributed by atoms with Crippen LogP contribution in [0, 0.1) is 17.2 Å². The summed E-state index contributed by atoms with van der Waals surface area (Å²) < 4.78 is 25.9. The Kier molecular flexibility index (Phi) is 3.61. The Balaban J connectivity index is 2.43. The van der Waals surface area contributed by atoms with E-state index in [1.807, 2.05) is 0 Å². The SMILES string of the molecule is CC(F)(F)C1CCN(C(=O)CC#N)CC1. The van der Waals surface area contributed by atoms with Crippen LogP contribution in [0.1, 0.15) is 26.2 Å². The summed E-state index contributed by atoms with van der Waals surface area (Å²) in [5.41, 5.74) is 0. The van der Waals surface area contributed by atoms with Crippen molar-refractivity contribution >= 4 is 5.91 Å². The largest absolute Gasteiger partial charge is 0.342 e. The maximum atomic E-state index is 12.9. The molecule has 15 heavy (non-hydrogen) atoms. The Labute approximate surface area is 87.7 Å². The van der Waals surface area contributed by atoms with Crippen molar-refractivity contribution in [3.63, 3.8) is 0 Å². The van der Waals surface area contributed by atoms with E-state index in [0.29, 0.717) is 25.9 Å². The lowest BCUT2D eigenvalue weighted by Crippen LogP contribution is -2.42. The Morgan fingerprint density at radius 1 is 1.53 bits per heavy atom. The van der Waals surface area contributed by atoms with Gasteiger partial charge < -0.3 is 4.90 Å². The van der Waals surface area contributed by atoms with Crippen molar-refractivity contribution in [2.24, 2.45) is 5.92 Å². The van der Waals surface area contributed by atoms with Crippen molar-refractivity contribution in [2.45, 2.75) is 32.1 Å². The van der Waals surface area contributed by atoms with Gasteiger partial charge in [-0.1, -0.05) is 0 Å². The quantitative estimate of drug-likeness (QED) is 0.706. The predicted molar refractivity (Wildman–Crippen MR) is 50.2 cm³/mol. The number of hydrogen-bond acceptors (Lipinski definition) is 2. The fourth-order valence-corrected chi connectivity index (χ4v) is 1.82. The molecule has 0 radical (unpaired) electrons. The summed E-state index contributed by atoms with van der Waals surface area (Å²) in [6.07, 6.45) is 0.481. The zero-order valence-electron chi connectivity index (χ0n) is 8.67. The molecule has 1 rings (SSSR count). The van der Waals surface area contributed by atoms with Gasteiger partial charge in [0, 0.05) is 19.0 Å². The average molecular weight is 216 g/mol. The van der Waals surface area contributed by atoms with Gasteiger partial charge in [-0.2, -0.15) is 5.26 Å². The highest BCUT2D eigenvalue weighted by molar-refractivity contribution is 5.78. The lowest BCUT2D eigenvalue weighted by molar-refractivity contribution is -0.134. The summed E-state index contributed by atoms with van der Waals surface area (Å²) in [7, 11) is 0. The molecule has 1 amide bonds. The number of nitriles is 1. The van der Waals surface area contributed by atoms with Crippen molar-refractivity contribution in [1.29, 1.82) is 5.26 Å². The number of rotatable bonds is 2. The first-order chi connectivity index (χ1) is 6.95. The molecule has 1 saturated heterocycles. The standard InChI is InChI=1S/C10H14F2N2O/c1-10(11,12)8-3-6-14(7-4-8)9(15)2-5-13/h8H,2-4,6-7H2,1H3. The highest BCUT2D eigenvalue weighted by atomic mass is 19.3. The second kappa shape index (κ2) is 4.56. The number of amides is 1. The molecule has 0 aliphatic carbocycles. The molecule has 0 aromatic carbocycles. The number of hydrogen-bond donors (Lipinski definition) is 0. The Hall–Kier alpha value is -1.18. The normalized spacial score (nSPS) is 18.7. The highest BCUT2D eigenvalue weighted by Gasteiger charge is 2.37. The smallest absolute Gasteiger partial charge is 0.248 e. The van der Waals surface area contributed by atoms with Gasteiger partial charge >= 0.3 is 0 Å². The maximum Gasteiger partial charge on any atom is 0.248 e. The van der Waals surface area contributed by atoms with E-state index >= 15 is 0 Å². The molecule has 3 nitrogen and oxygen atoms in total. The highest BCUT2D eigenvalue weighted by Crippen LogP contribution is 2.32. The van der Waals surface area contributed by atoms with Crippen LogP contribution in [0.25, 0.3) is 0 Å². The van der Waals surface area contributed by atoms with E-state index in [9.17, 15) is 13.6 Å². The third kappa shape index (κ3) is 3.15. The van der Waals surface area contributed by atoms with Gasteiger partial charge in [-0.3, -0.25) is 4.79 Å². The van der Waals surface area contributed by atoms with Crippen LogP contribution in [0.2, 0.25) is 0 Å². The van der Waals surface area contributed by atoms with E-state index in [0.717, 1.165) is 6.92 Å². The Morgan fingerprint density at radius 2 is 2.07 bits per heavy atom. The minimum absolute atomic E-state index is 0.160. The Bertz CT molecular complexity index is 272. The van der Waals surface area contributed by atoms with Crippen molar-refractivity contribution in [2.75, 3.05) is 13.1 Å². The lowest BCUT2D eigenvalue weighted by Gasteiger charge is -2.34. The van der Waals surface area contributed by atoms with Crippen molar-refractivity contribution in [1.82, 2.24) is 4.90 Å². The number of piperidine rings is 1. The molecule has 1 fully saturated rings. The van der Waals surface area contributed by atoms with Crippen molar-refractivity contribution in [3.8, 4) is 6.07 Å². The Morgan fingerprint density at radius 3 is 2.47 bits per heavy atom. The van der Waals surface area contributed by atoms with Gasteiger partial charge in [0.2, 0.25) is 11.8 Å². The topological polar surface area (TPSA) is 44.1 Å². The minimum atomic E-state index is -2.66. The second-order valence-corrected chi connectivity index (χ2v) is 3.95. The summed E-state index contributed by atoms with van der Waals surface area (Å²) in [5, 5.41) is 8.33. The van der Waals surface area contributed by atoms with E-state index < -0.39 is 11.8 Å². The molecule has 84 valence electrons. The molecule has 0 aromatic heterocycles. The number of halogens is 2. The summed E-state index contributed by atoms with van der Waals surface area (Å²) >= 11 is 0. The van der Waals surface area contributed by atoms with Crippen LogP contribution < -0.4 is 0 Å². The van der Waals surface area contributed by atoms with Crippen LogP contribution in [0.3, 0.4) is 0 Å². The molecule has 0 saturated carbocycles. The lowest BCUT2D eigenvalue weighted by atomic mass is 9.91. The molecule has 5 heteroatoms. The molecular weight excluding hydrogens is 202 g/mol. The van der Waals surface area contributed by atoms with Gasteiger partial charge in [-0.15, -0.1) is 0 Å². The number of alkyl halides is 2. The summed E-state index contributed by atoms with van der Waals surface area (Å²) in [5.74, 6) is -3.55. The third-order valence-electron chi connectivity index (χ3n) is 2.79. The van der Waals surface area contributed by atoms with Gasteiger partial charge in [-0.05, 0) is 19.8 Å². The number of nitrogens with zero attached hydrogens (tertiary/aromatic N) is 2. The maximum absolute atomic E-state index is 12.9. The van der Waals surface area contributed by atoms with Gasteiger partial charge in [0.15, 0.2) is 0 Å². The summed E-state index contributed by atoms with van der Waals surface area (Å²) in [6.45, 7) is 1.60. The van der Waals surface area contributed by atoms with Crippen LogP contribution in [0.5, 0.6) is 0 Å². The zero-order chi connectivity index (χ0) is 11.5. The van der Waals surface area contributed by atoms with E-state index in [-0.39, 0.29) is 12.3 Å². The first-order valence-electron chi connectivity index (χ1n) is 4.97. The first-order valence-corrected chi connectivity index (χ1v) is 4.97. The first kappa shape index (κ1) is 11.9. The molecular formula is C10H14F2N2O. The van der Waals surface area contributed by atoms with E-state index in [1.54, 1.807) is 6.07 Å². The average Bonchev–Trinajstić information content (AvgIpc) is 2.17. The second-order valence-electron chi connectivity index (χ2n) is 3.95. The molecule has 0 spiro atoms. The molecule has 1 heterocycles. The van der Waals surface area contributed by atoms with E-state index in [4.69, 9.17) is 5.26 Å². The van der Waals surface area contributed by atoms with Crippen molar-refractivity contribution < 1.29 is 13.6 Å². The fourth-order valence-electron chi connectivity index (χ4n) is 1.82. The molecule has 0 N–H and O–H groups in total. The predicted octanol–water partition coefficient (Wildman–Crippen LogP) is 1.79.